The Morgan fingerprint density at radius 1 is 1.03 bits per heavy atom. The summed E-state index contributed by atoms with van der Waals surface area (Å²) in [6.45, 7) is 8.32. The predicted octanol–water partition coefficient (Wildman–Crippen LogP) is 3.93. The third-order valence-corrected chi connectivity index (χ3v) is 6.61. The molecule has 0 N–H and O–H groups in total. The van der Waals surface area contributed by atoms with Crippen LogP contribution in [0.15, 0.2) is 51.7 Å². The Labute approximate surface area is 191 Å². The van der Waals surface area contributed by atoms with Crippen LogP contribution in [0.4, 0.5) is 4.39 Å². The highest BCUT2D eigenvalue weighted by molar-refractivity contribution is 5.99. The van der Waals surface area contributed by atoms with Gasteiger partial charge in [-0.3, -0.25) is 14.5 Å². The van der Waals surface area contributed by atoms with Gasteiger partial charge in [0.1, 0.15) is 11.4 Å². The summed E-state index contributed by atoms with van der Waals surface area (Å²) in [5.74, 6) is -0.398. The highest BCUT2D eigenvalue weighted by atomic mass is 19.1. The third-order valence-electron chi connectivity index (χ3n) is 6.61. The molecule has 3 aromatic rings. The Hall–Kier alpha value is -3.03. The zero-order valence-electron chi connectivity index (χ0n) is 18.8. The largest absolute Gasteiger partial charge is 0.450 e. The average Bonchev–Trinajstić information content (AvgIpc) is 3.10. The van der Waals surface area contributed by atoms with Crippen LogP contribution in [-0.4, -0.2) is 55.1 Å². The second kappa shape index (κ2) is 8.72. The fraction of sp³-hybridized carbons (Fsp3) is 0.385. The Morgan fingerprint density at radius 3 is 2.45 bits per heavy atom. The summed E-state index contributed by atoms with van der Waals surface area (Å²) in [7, 11) is 0. The maximum atomic E-state index is 13.9. The molecule has 7 heteroatoms. The van der Waals surface area contributed by atoms with Gasteiger partial charge in [-0.2, -0.15) is 0 Å². The van der Waals surface area contributed by atoms with E-state index in [-0.39, 0.29) is 33.6 Å². The molecule has 0 aliphatic carbocycles. The molecule has 0 saturated carbocycles. The second-order valence-corrected chi connectivity index (χ2v) is 8.99. The van der Waals surface area contributed by atoms with Gasteiger partial charge >= 0.3 is 0 Å². The molecule has 3 heterocycles. The van der Waals surface area contributed by atoms with E-state index >= 15 is 0 Å². The van der Waals surface area contributed by atoms with Gasteiger partial charge in [0.2, 0.25) is 5.76 Å². The van der Waals surface area contributed by atoms with Crippen molar-refractivity contribution in [3.05, 3.63) is 81.0 Å². The molecule has 0 spiro atoms. The van der Waals surface area contributed by atoms with Gasteiger partial charge in [0.05, 0.1) is 30.2 Å². The number of hydrogen-bond donors (Lipinski definition) is 0. The molecule has 0 radical (unpaired) electrons. The second-order valence-electron chi connectivity index (χ2n) is 8.99. The summed E-state index contributed by atoms with van der Waals surface area (Å²) in [6.07, 6.45) is 0. The van der Waals surface area contributed by atoms with Gasteiger partial charge in [0, 0.05) is 26.2 Å². The maximum absolute atomic E-state index is 13.9. The van der Waals surface area contributed by atoms with Gasteiger partial charge in [0.15, 0.2) is 5.43 Å². The minimum absolute atomic E-state index is 0.0546. The Morgan fingerprint density at radius 2 is 1.76 bits per heavy atom. The zero-order valence-corrected chi connectivity index (χ0v) is 18.8. The Kier molecular flexibility index (Phi) is 5.76. The van der Waals surface area contributed by atoms with E-state index in [1.54, 1.807) is 4.90 Å². The number of hydrogen-bond acceptors (Lipinski definition) is 5. The number of ether oxygens (including phenoxy) is 1. The molecular formula is C26H27FN2O4. The monoisotopic (exact) mass is 450 g/mol. The van der Waals surface area contributed by atoms with E-state index in [0.717, 1.165) is 18.7 Å². The summed E-state index contributed by atoms with van der Waals surface area (Å²) in [5.41, 5.74) is 2.17. The summed E-state index contributed by atoms with van der Waals surface area (Å²) in [6, 6.07) is 11.3. The lowest BCUT2D eigenvalue weighted by Gasteiger charge is -2.31. The maximum Gasteiger partial charge on any atom is 0.290 e. The molecule has 5 rings (SSSR count). The number of rotatable bonds is 5. The van der Waals surface area contributed by atoms with Crippen molar-refractivity contribution in [1.29, 1.82) is 0 Å². The van der Waals surface area contributed by atoms with Crippen LogP contribution in [0.1, 0.15) is 53.1 Å². The molecule has 2 aliphatic rings. The van der Waals surface area contributed by atoms with Gasteiger partial charge in [-0.1, -0.05) is 38.1 Å². The first-order valence-electron chi connectivity index (χ1n) is 11.4. The van der Waals surface area contributed by atoms with E-state index in [2.05, 4.69) is 18.7 Å². The van der Waals surface area contributed by atoms with Crippen molar-refractivity contribution < 1.29 is 18.3 Å². The first kappa shape index (κ1) is 21.8. The van der Waals surface area contributed by atoms with Gasteiger partial charge < -0.3 is 14.1 Å². The molecular weight excluding hydrogens is 423 g/mol. The molecule has 1 unspecified atom stereocenters. The highest BCUT2D eigenvalue weighted by Crippen LogP contribution is 2.38. The number of fused-ring (bicyclic) bond motifs is 2. The number of amides is 1. The van der Waals surface area contributed by atoms with Crippen LogP contribution in [0.2, 0.25) is 0 Å². The standard InChI is InChI=1S/C26H27FN2O4/c1-16(2)17-3-5-18(6-4-17)23-22-24(30)20-15-19(27)7-8-21(20)33-25(22)26(31)29(23)10-9-28-11-13-32-14-12-28/h3-8,15-16,23H,9-14H2,1-2H3. The van der Waals surface area contributed by atoms with Crippen LogP contribution < -0.4 is 5.43 Å². The number of benzene rings is 2. The SMILES string of the molecule is CC(C)c1ccc(C2c3c(oc4ccc(F)cc4c3=O)C(=O)N2CCN2CCOCC2)cc1. The lowest BCUT2D eigenvalue weighted by atomic mass is 9.95. The number of carbonyl (C=O) groups is 1. The molecule has 1 amide bonds. The molecule has 2 aromatic carbocycles. The van der Waals surface area contributed by atoms with Crippen molar-refractivity contribution in [3.63, 3.8) is 0 Å². The van der Waals surface area contributed by atoms with E-state index in [0.29, 0.717) is 32.2 Å². The third kappa shape index (κ3) is 3.96. The number of nitrogens with zero attached hydrogens (tertiary/aromatic N) is 2. The van der Waals surface area contributed by atoms with E-state index in [1.807, 2.05) is 24.3 Å². The van der Waals surface area contributed by atoms with Gasteiger partial charge in [-0.05, 0) is 35.2 Å². The lowest BCUT2D eigenvalue weighted by Crippen LogP contribution is -2.42. The molecule has 1 aromatic heterocycles. The van der Waals surface area contributed by atoms with E-state index in [1.165, 1.54) is 23.8 Å². The van der Waals surface area contributed by atoms with Crippen molar-refractivity contribution >= 4 is 16.9 Å². The van der Waals surface area contributed by atoms with Gasteiger partial charge in [-0.15, -0.1) is 0 Å². The molecule has 2 aliphatic heterocycles. The van der Waals surface area contributed by atoms with Crippen LogP contribution in [0.5, 0.6) is 0 Å². The van der Waals surface area contributed by atoms with Gasteiger partial charge in [-0.25, -0.2) is 4.39 Å². The van der Waals surface area contributed by atoms with E-state index in [9.17, 15) is 14.0 Å². The smallest absolute Gasteiger partial charge is 0.290 e. The van der Waals surface area contributed by atoms with Crippen LogP contribution in [0, 0.1) is 5.82 Å². The van der Waals surface area contributed by atoms with E-state index < -0.39 is 11.9 Å². The Bertz CT molecular complexity index is 1250. The molecule has 0 bridgehead atoms. The van der Waals surface area contributed by atoms with Gasteiger partial charge in [0.25, 0.3) is 5.91 Å². The molecule has 6 nitrogen and oxygen atoms in total. The Balaban J connectivity index is 1.59. The minimum Gasteiger partial charge on any atom is -0.450 e. The molecule has 33 heavy (non-hydrogen) atoms. The van der Waals surface area contributed by atoms with Crippen molar-refractivity contribution in [1.82, 2.24) is 9.80 Å². The number of halogens is 1. The quantitative estimate of drug-likeness (QED) is 0.589. The molecule has 1 fully saturated rings. The first-order valence-corrected chi connectivity index (χ1v) is 11.4. The van der Waals surface area contributed by atoms with Crippen LogP contribution in [-0.2, 0) is 4.74 Å². The summed E-state index contributed by atoms with van der Waals surface area (Å²) in [4.78, 5) is 30.9. The molecule has 172 valence electrons. The lowest BCUT2D eigenvalue weighted by molar-refractivity contribution is 0.0314. The van der Waals surface area contributed by atoms with Crippen LogP contribution in [0.3, 0.4) is 0 Å². The number of morpholine rings is 1. The number of carbonyl (C=O) groups excluding carboxylic acids is 1. The van der Waals surface area contributed by atoms with Crippen molar-refractivity contribution in [3.8, 4) is 0 Å². The van der Waals surface area contributed by atoms with E-state index in [4.69, 9.17) is 9.15 Å². The predicted molar refractivity (Wildman–Crippen MR) is 123 cm³/mol. The average molecular weight is 451 g/mol. The summed E-state index contributed by atoms with van der Waals surface area (Å²) in [5, 5.41) is 0.153. The van der Waals surface area contributed by atoms with Crippen molar-refractivity contribution in [2.45, 2.75) is 25.8 Å². The van der Waals surface area contributed by atoms with Crippen LogP contribution in [0.25, 0.3) is 11.0 Å². The fourth-order valence-electron chi connectivity index (χ4n) is 4.71. The summed E-state index contributed by atoms with van der Waals surface area (Å²) >= 11 is 0. The summed E-state index contributed by atoms with van der Waals surface area (Å²) < 4.78 is 25.2. The molecule has 1 atom stereocenters. The first-order chi connectivity index (χ1) is 15.9. The minimum atomic E-state index is -0.571. The zero-order chi connectivity index (χ0) is 23.1. The topological polar surface area (TPSA) is 63.0 Å². The molecule has 1 saturated heterocycles. The van der Waals surface area contributed by atoms with Crippen molar-refractivity contribution in [2.24, 2.45) is 0 Å². The van der Waals surface area contributed by atoms with Crippen molar-refractivity contribution in [2.75, 3.05) is 39.4 Å². The fourth-order valence-corrected chi connectivity index (χ4v) is 4.71. The highest BCUT2D eigenvalue weighted by Gasteiger charge is 2.42. The normalized spacial score (nSPS) is 19.0. The van der Waals surface area contributed by atoms with Crippen LogP contribution >= 0.6 is 0 Å².